The number of hydrogen-bond donors (Lipinski definition) is 1. The van der Waals surface area contributed by atoms with E-state index in [1.54, 1.807) is 7.11 Å². The lowest BCUT2D eigenvalue weighted by molar-refractivity contribution is 0.414. The molecule has 1 unspecified atom stereocenters. The molecule has 0 bridgehead atoms. The smallest absolute Gasteiger partial charge is 0.118 e. The zero-order valence-electron chi connectivity index (χ0n) is 12.0. The van der Waals surface area contributed by atoms with E-state index in [9.17, 15) is 0 Å². The molecule has 106 valence electrons. The number of hydrogen-bond acceptors (Lipinski definition) is 3. The monoisotopic (exact) mass is 279 g/mol. The molecule has 0 aliphatic heterocycles. The van der Waals surface area contributed by atoms with Crippen LogP contribution in [0.25, 0.3) is 0 Å². The Kier molecular flexibility index (Phi) is 6.05. The van der Waals surface area contributed by atoms with Gasteiger partial charge >= 0.3 is 0 Å². The second kappa shape index (κ2) is 7.81. The van der Waals surface area contributed by atoms with Gasteiger partial charge in [-0.2, -0.15) is 11.8 Å². The number of thioether (sulfide) groups is 1. The maximum absolute atomic E-state index is 5.21. The average Bonchev–Trinajstić information content (AvgIpc) is 2.49. The molecule has 1 aliphatic rings. The van der Waals surface area contributed by atoms with E-state index in [0.29, 0.717) is 6.04 Å². The van der Waals surface area contributed by atoms with Crippen molar-refractivity contribution in [2.45, 2.75) is 43.4 Å². The Bertz CT molecular complexity index is 360. The summed E-state index contributed by atoms with van der Waals surface area (Å²) in [6.07, 6.45) is 7.09. The predicted octanol–water partition coefficient (Wildman–Crippen LogP) is 4.02. The SMILES string of the molecule is CNC(CSC1CCCCC1)c1ccc(OC)cc1. The van der Waals surface area contributed by atoms with E-state index >= 15 is 0 Å². The average molecular weight is 279 g/mol. The van der Waals surface area contributed by atoms with Gasteiger partial charge in [-0.3, -0.25) is 0 Å². The molecule has 1 atom stereocenters. The van der Waals surface area contributed by atoms with Crippen molar-refractivity contribution < 1.29 is 4.74 Å². The molecular weight excluding hydrogens is 254 g/mol. The van der Waals surface area contributed by atoms with Crippen molar-refractivity contribution >= 4 is 11.8 Å². The molecule has 0 heterocycles. The highest BCUT2D eigenvalue weighted by atomic mass is 32.2. The van der Waals surface area contributed by atoms with E-state index in [1.807, 2.05) is 12.1 Å². The number of benzene rings is 1. The summed E-state index contributed by atoms with van der Waals surface area (Å²) < 4.78 is 5.21. The van der Waals surface area contributed by atoms with Crippen LogP contribution in [-0.2, 0) is 0 Å². The molecule has 3 heteroatoms. The molecule has 1 fully saturated rings. The molecule has 1 aromatic rings. The molecule has 2 nitrogen and oxygen atoms in total. The standard InChI is InChI=1S/C16H25NOS/c1-17-16(12-19-15-6-4-3-5-7-15)13-8-10-14(18-2)11-9-13/h8-11,15-17H,3-7,12H2,1-2H3. The summed E-state index contributed by atoms with van der Waals surface area (Å²) in [5.41, 5.74) is 1.35. The van der Waals surface area contributed by atoms with Crippen molar-refractivity contribution in [3.8, 4) is 5.75 Å². The third-order valence-corrected chi connectivity index (χ3v) is 5.39. The highest BCUT2D eigenvalue weighted by molar-refractivity contribution is 7.99. The molecule has 0 amide bonds. The number of ether oxygens (including phenoxy) is 1. The molecule has 1 N–H and O–H groups in total. The third kappa shape index (κ3) is 4.43. The molecule has 2 rings (SSSR count). The van der Waals surface area contributed by atoms with Crippen LogP contribution in [0.1, 0.15) is 43.7 Å². The largest absolute Gasteiger partial charge is 0.497 e. The van der Waals surface area contributed by atoms with Crippen molar-refractivity contribution in [2.75, 3.05) is 19.9 Å². The van der Waals surface area contributed by atoms with Crippen LogP contribution < -0.4 is 10.1 Å². The summed E-state index contributed by atoms with van der Waals surface area (Å²) in [5, 5.41) is 4.31. The lowest BCUT2D eigenvalue weighted by atomic mass is 10.0. The summed E-state index contributed by atoms with van der Waals surface area (Å²) in [4.78, 5) is 0. The van der Waals surface area contributed by atoms with Crippen LogP contribution in [0, 0.1) is 0 Å². The van der Waals surface area contributed by atoms with Gasteiger partial charge in [0, 0.05) is 17.0 Å². The Morgan fingerprint density at radius 1 is 1.21 bits per heavy atom. The van der Waals surface area contributed by atoms with Gasteiger partial charge in [-0.25, -0.2) is 0 Å². The van der Waals surface area contributed by atoms with E-state index in [4.69, 9.17) is 4.74 Å². The van der Waals surface area contributed by atoms with Gasteiger partial charge in [0.15, 0.2) is 0 Å². The molecular formula is C16H25NOS. The first-order chi connectivity index (χ1) is 9.33. The first kappa shape index (κ1) is 14.7. The second-order valence-corrected chi connectivity index (χ2v) is 6.54. The van der Waals surface area contributed by atoms with Crippen molar-refractivity contribution in [2.24, 2.45) is 0 Å². The summed E-state index contributed by atoms with van der Waals surface area (Å²) >= 11 is 2.14. The van der Waals surface area contributed by atoms with Crippen LogP contribution >= 0.6 is 11.8 Å². The van der Waals surface area contributed by atoms with Crippen LogP contribution in [-0.4, -0.2) is 25.2 Å². The normalized spacial score (nSPS) is 18.2. The highest BCUT2D eigenvalue weighted by Crippen LogP contribution is 2.31. The summed E-state index contributed by atoms with van der Waals surface area (Å²) in [6.45, 7) is 0. The van der Waals surface area contributed by atoms with Crippen molar-refractivity contribution in [3.63, 3.8) is 0 Å². The van der Waals surface area contributed by atoms with E-state index in [1.165, 1.54) is 37.7 Å². The van der Waals surface area contributed by atoms with E-state index in [-0.39, 0.29) is 0 Å². The van der Waals surface area contributed by atoms with E-state index in [0.717, 1.165) is 16.8 Å². The molecule has 1 aromatic carbocycles. The number of rotatable bonds is 6. The Morgan fingerprint density at radius 2 is 1.89 bits per heavy atom. The predicted molar refractivity (Wildman–Crippen MR) is 84.1 cm³/mol. The molecule has 0 spiro atoms. The van der Waals surface area contributed by atoms with Crippen LogP contribution in [0.15, 0.2) is 24.3 Å². The molecule has 1 aliphatic carbocycles. The zero-order valence-corrected chi connectivity index (χ0v) is 12.8. The van der Waals surface area contributed by atoms with Gasteiger partial charge in [-0.15, -0.1) is 0 Å². The van der Waals surface area contributed by atoms with Crippen molar-refractivity contribution in [3.05, 3.63) is 29.8 Å². The van der Waals surface area contributed by atoms with Gasteiger partial charge in [0.2, 0.25) is 0 Å². The molecule has 0 radical (unpaired) electrons. The van der Waals surface area contributed by atoms with Gasteiger partial charge in [0.05, 0.1) is 7.11 Å². The fraction of sp³-hybridized carbons (Fsp3) is 0.625. The first-order valence-electron chi connectivity index (χ1n) is 7.26. The number of methoxy groups -OCH3 is 1. The second-order valence-electron chi connectivity index (χ2n) is 5.21. The Hall–Kier alpha value is -0.670. The molecule has 0 saturated heterocycles. The zero-order chi connectivity index (χ0) is 13.5. The third-order valence-electron chi connectivity index (χ3n) is 3.92. The summed E-state index contributed by atoms with van der Waals surface area (Å²) in [6, 6.07) is 8.87. The summed E-state index contributed by atoms with van der Waals surface area (Å²) in [7, 11) is 3.76. The van der Waals surface area contributed by atoms with Gasteiger partial charge < -0.3 is 10.1 Å². The van der Waals surface area contributed by atoms with Gasteiger partial charge in [0.1, 0.15) is 5.75 Å². The van der Waals surface area contributed by atoms with Gasteiger partial charge in [0.25, 0.3) is 0 Å². The van der Waals surface area contributed by atoms with Crippen LogP contribution in [0.5, 0.6) is 5.75 Å². The minimum atomic E-state index is 0.442. The summed E-state index contributed by atoms with van der Waals surface area (Å²) in [5.74, 6) is 2.09. The first-order valence-corrected chi connectivity index (χ1v) is 8.31. The molecule has 19 heavy (non-hydrogen) atoms. The topological polar surface area (TPSA) is 21.3 Å². The minimum absolute atomic E-state index is 0.442. The lowest BCUT2D eigenvalue weighted by Crippen LogP contribution is -2.20. The Balaban J connectivity index is 1.87. The Labute approximate surface area is 121 Å². The van der Waals surface area contributed by atoms with Crippen LogP contribution in [0.4, 0.5) is 0 Å². The number of nitrogens with one attached hydrogen (secondary N) is 1. The van der Waals surface area contributed by atoms with E-state index in [2.05, 4.69) is 36.3 Å². The fourth-order valence-electron chi connectivity index (χ4n) is 2.65. The van der Waals surface area contributed by atoms with Crippen LogP contribution in [0.3, 0.4) is 0 Å². The van der Waals surface area contributed by atoms with E-state index < -0.39 is 0 Å². The van der Waals surface area contributed by atoms with Crippen molar-refractivity contribution in [1.82, 2.24) is 5.32 Å². The molecule has 1 saturated carbocycles. The van der Waals surface area contributed by atoms with Gasteiger partial charge in [-0.05, 0) is 37.6 Å². The lowest BCUT2D eigenvalue weighted by Gasteiger charge is -2.24. The van der Waals surface area contributed by atoms with Gasteiger partial charge in [-0.1, -0.05) is 31.4 Å². The molecule has 0 aromatic heterocycles. The minimum Gasteiger partial charge on any atom is -0.497 e. The fourth-order valence-corrected chi connectivity index (χ4v) is 4.14. The van der Waals surface area contributed by atoms with Crippen molar-refractivity contribution in [1.29, 1.82) is 0 Å². The van der Waals surface area contributed by atoms with Crippen LogP contribution in [0.2, 0.25) is 0 Å². The maximum Gasteiger partial charge on any atom is 0.118 e. The Morgan fingerprint density at radius 3 is 2.47 bits per heavy atom. The highest BCUT2D eigenvalue weighted by Gasteiger charge is 2.16. The quantitative estimate of drug-likeness (QED) is 0.849. The maximum atomic E-state index is 5.21.